The summed E-state index contributed by atoms with van der Waals surface area (Å²) >= 11 is 0. The summed E-state index contributed by atoms with van der Waals surface area (Å²) in [6.07, 6.45) is 29.0. The predicted octanol–water partition coefficient (Wildman–Crippen LogP) is 15.2. The van der Waals surface area contributed by atoms with E-state index in [4.69, 9.17) is 0 Å². The van der Waals surface area contributed by atoms with Gasteiger partial charge in [0.1, 0.15) is 0 Å². The largest absolute Gasteiger partial charge is 3.00 e. The van der Waals surface area contributed by atoms with Crippen LogP contribution in [0.2, 0.25) is 0 Å². The maximum absolute atomic E-state index is 12.3. The monoisotopic (exact) mass is 924 g/mol. The van der Waals surface area contributed by atoms with E-state index in [0.29, 0.717) is 72.5 Å². The zero-order valence-electron chi connectivity index (χ0n) is 40.8. The van der Waals surface area contributed by atoms with Crippen LogP contribution in [0, 0.1) is 35.5 Å². The van der Waals surface area contributed by atoms with Crippen molar-refractivity contribution < 1.29 is 45.4 Å². The van der Waals surface area contributed by atoms with Crippen LogP contribution in [0.4, 0.5) is 0 Å². The summed E-state index contributed by atoms with van der Waals surface area (Å²) in [6, 6.07) is 0. The third kappa shape index (κ3) is 39.9. The summed E-state index contributed by atoms with van der Waals surface area (Å²) in [5, 5.41) is 0. The van der Waals surface area contributed by atoms with Gasteiger partial charge in [-0.2, -0.15) is 0 Å². The molecule has 0 saturated heterocycles. The van der Waals surface area contributed by atoms with Crippen molar-refractivity contribution in [2.24, 2.45) is 35.5 Å². The Morgan fingerprint density at radius 2 is 0.414 bits per heavy atom. The molecule has 6 unspecified atom stereocenters. The first-order valence-electron chi connectivity index (χ1n) is 24.8. The number of hydrogen-bond acceptors (Lipinski definition) is 6. The van der Waals surface area contributed by atoms with Gasteiger partial charge in [0.05, 0.1) is 0 Å². The van der Waals surface area contributed by atoms with Crippen LogP contribution in [-0.4, -0.2) is 37.0 Å². The van der Waals surface area contributed by atoms with Gasteiger partial charge in [0.15, 0.2) is 0 Å². The van der Waals surface area contributed by atoms with Crippen LogP contribution in [0.15, 0.2) is 0 Å². The van der Waals surface area contributed by atoms with Gasteiger partial charge in [0.25, 0.3) is 0 Å². The van der Waals surface area contributed by atoms with E-state index in [9.17, 15) is 28.4 Å². The van der Waals surface area contributed by atoms with Crippen LogP contribution in [0.5, 0.6) is 0 Å². The summed E-state index contributed by atoms with van der Waals surface area (Å²) in [7, 11) is -9.50. The molecule has 353 valence electrons. The Hall–Kier alpha value is 1.09. The summed E-state index contributed by atoms with van der Waals surface area (Å²) in [4.78, 5) is 37.0. The SMILES string of the molecule is CCCCC(CC)CP(=O)([O-])CC(CC)CCCC.CCCCC(CC)CP(=O)([O-])CC(CC)CCCC.CCCCC(CC)CP(=O)([O-])CC(CC)CCCC.[Fe+3]. The van der Waals surface area contributed by atoms with Gasteiger partial charge in [-0.25, -0.2) is 0 Å². The van der Waals surface area contributed by atoms with E-state index >= 15 is 0 Å². The third-order valence-electron chi connectivity index (χ3n) is 12.5. The molecule has 10 heteroatoms. The Bertz CT molecular complexity index is 824. The third-order valence-corrected chi connectivity index (χ3v) is 18.9. The Morgan fingerprint density at radius 1 is 0.293 bits per heavy atom. The van der Waals surface area contributed by atoms with Crippen LogP contribution in [0.25, 0.3) is 0 Å². The minimum Gasteiger partial charge on any atom is -0.799 e. The first-order chi connectivity index (χ1) is 27.0. The second kappa shape index (κ2) is 42.1. The molecule has 0 amide bonds. The molecule has 0 heterocycles. The van der Waals surface area contributed by atoms with Crippen LogP contribution in [0.1, 0.15) is 237 Å². The molecule has 6 nitrogen and oxygen atoms in total. The van der Waals surface area contributed by atoms with Gasteiger partial charge in [-0.05, 0) is 72.5 Å². The Labute approximate surface area is 375 Å². The molecule has 0 aromatic rings. The van der Waals surface area contributed by atoms with Gasteiger partial charge < -0.3 is 28.4 Å². The minimum atomic E-state index is -3.17. The molecular weight excluding hydrogens is 821 g/mol. The molecule has 6 atom stereocenters. The van der Waals surface area contributed by atoms with E-state index in [1.54, 1.807) is 0 Å². The minimum absolute atomic E-state index is 0. The summed E-state index contributed by atoms with van der Waals surface area (Å²) in [5.74, 6) is 2.29. The molecule has 0 aliphatic heterocycles. The molecule has 0 aromatic carbocycles. The molecule has 0 rings (SSSR count). The first kappa shape index (κ1) is 65.7. The normalized spacial score (nSPS) is 17.6. The summed E-state index contributed by atoms with van der Waals surface area (Å²) in [5.41, 5.74) is 0. The van der Waals surface area contributed by atoms with Crippen molar-refractivity contribution in [3.05, 3.63) is 0 Å². The van der Waals surface area contributed by atoms with Crippen molar-refractivity contribution in [3.8, 4) is 0 Å². The molecule has 0 N–H and O–H groups in total. The second-order valence-electron chi connectivity index (χ2n) is 18.0. The van der Waals surface area contributed by atoms with E-state index in [0.717, 1.165) is 154 Å². The Balaban J connectivity index is -0.000000374. The molecular formula is C48H102FeO6P3. The molecule has 0 aliphatic rings. The zero-order chi connectivity index (χ0) is 44.2. The van der Waals surface area contributed by atoms with E-state index in [1.807, 2.05) is 0 Å². The van der Waals surface area contributed by atoms with E-state index in [-0.39, 0.29) is 17.1 Å². The average Bonchev–Trinajstić information content (AvgIpc) is 3.18. The summed E-state index contributed by atoms with van der Waals surface area (Å²) < 4.78 is 37.0. The summed E-state index contributed by atoms with van der Waals surface area (Å²) in [6.45, 7) is 25.7. The van der Waals surface area contributed by atoms with Crippen molar-refractivity contribution in [1.29, 1.82) is 0 Å². The van der Waals surface area contributed by atoms with Crippen LogP contribution in [-0.2, 0) is 30.8 Å². The van der Waals surface area contributed by atoms with Gasteiger partial charge >= 0.3 is 17.1 Å². The van der Waals surface area contributed by atoms with Crippen molar-refractivity contribution in [2.45, 2.75) is 237 Å². The van der Waals surface area contributed by atoms with E-state index in [1.165, 1.54) is 0 Å². The Kier molecular flexibility index (Phi) is 47.6. The second-order valence-corrected chi connectivity index (χ2v) is 25.1. The molecule has 0 spiro atoms. The smallest absolute Gasteiger partial charge is 0.799 e. The zero-order valence-corrected chi connectivity index (χ0v) is 44.6. The van der Waals surface area contributed by atoms with Crippen molar-refractivity contribution >= 4 is 22.1 Å². The van der Waals surface area contributed by atoms with Crippen molar-refractivity contribution in [1.82, 2.24) is 0 Å². The molecule has 0 bridgehead atoms. The van der Waals surface area contributed by atoms with Crippen LogP contribution in [0.3, 0.4) is 0 Å². The topological polar surface area (TPSA) is 120 Å². The number of unbranched alkanes of at least 4 members (excludes halogenated alkanes) is 6. The van der Waals surface area contributed by atoms with Crippen molar-refractivity contribution in [3.63, 3.8) is 0 Å². The maximum atomic E-state index is 12.3. The quantitative estimate of drug-likeness (QED) is 0.0456. The maximum Gasteiger partial charge on any atom is 3.00 e. The standard InChI is InChI=1S/3C16H35O2P.Fe/c3*1-5-9-11-15(7-3)13-19(17,18)14-16(8-4)12-10-6-2;/h3*15-16H,5-14H2,1-4H3,(H,17,18);/q;;;+3/p-3. The molecule has 0 aromatic heterocycles. The van der Waals surface area contributed by atoms with Crippen LogP contribution < -0.4 is 14.7 Å². The van der Waals surface area contributed by atoms with Gasteiger partial charge in [-0.3, -0.25) is 0 Å². The predicted molar refractivity (Wildman–Crippen MR) is 252 cm³/mol. The molecule has 58 heavy (non-hydrogen) atoms. The van der Waals surface area contributed by atoms with Gasteiger partial charge in [-0.15, -0.1) is 0 Å². The Morgan fingerprint density at radius 3 is 0.500 bits per heavy atom. The fourth-order valence-electron chi connectivity index (χ4n) is 8.09. The number of hydrogen-bond donors (Lipinski definition) is 0. The van der Waals surface area contributed by atoms with Gasteiger partial charge in [0.2, 0.25) is 0 Å². The molecule has 0 aliphatic carbocycles. The van der Waals surface area contributed by atoms with Crippen molar-refractivity contribution in [2.75, 3.05) is 37.0 Å². The van der Waals surface area contributed by atoms with E-state index in [2.05, 4.69) is 83.1 Å². The van der Waals surface area contributed by atoms with Crippen LogP contribution >= 0.6 is 22.1 Å². The molecule has 0 saturated carbocycles. The number of rotatable bonds is 36. The fraction of sp³-hybridized carbons (Fsp3) is 1.00. The van der Waals surface area contributed by atoms with Gasteiger partial charge in [0, 0.05) is 22.1 Å². The van der Waals surface area contributed by atoms with Gasteiger partial charge in [-0.1, -0.05) is 237 Å². The fourth-order valence-corrected chi connectivity index (χ4v) is 15.9. The van der Waals surface area contributed by atoms with E-state index < -0.39 is 22.1 Å². The molecule has 0 fully saturated rings. The first-order valence-corrected chi connectivity index (χ1v) is 30.8. The molecule has 1 radical (unpaired) electrons. The average molecular weight is 924 g/mol.